The number of benzene rings is 2. The van der Waals surface area contributed by atoms with Crippen molar-refractivity contribution in [1.82, 2.24) is 25.1 Å². The number of nitrogens with zero attached hydrogens (tertiary/aromatic N) is 5. The molecule has 40 heavy (non-hydrogen) atoms. The van der Waals surface area contributed by atoms with Crippen LogP contribution in [0.5, 0.6) is 5.75 Å². The summed E-state index contributed by atoms with van der Waals surface area (Å²) in [7, 11) is 0. The van der Waals surface area contributed by atoms with Crippen molar-refractivity contribution >= 4 is 17.6 Å². The molecule has 2 aromatic carbocycles. The maximum Gasteiger partial charge on any atom is 0.255 e. The molecule has 1 N–H and O–H groups in total. The SMILES string of the molecule is C=C1CC[C@H](N2Cc3c(OCc4ccc([C@@H](C)N5CCN(c6ccncn6)CC5)cc4)cccc3C2=O)C(=O)N1. The highest BCUT2D eigenvalue weighted by Gasteiger charge is 2.39. The van der Waals surface area contributed by atoms with Crippen LogP contribution in [0, 0.1) is 0 Å². The zero-order valence-corrected chi connectivity index (χ0v) is 22.8. The van der Waals surface area contributed by atoms with Gasteiger partial charge in [-0.1, -0.05) is 36.9 Å². The largest absolute Gasteiger partial charge is 0.489 e. The normalized spacial score (nSPS) is 20.3. The first-order chi connectivity index (χ1) is 19.5. The van der Waals surface area contributed by atoms with E-state index in [0.717, 1.165) is 43.1 Å². The second-order valence-corrected chi connectivity index (χ2v) is 10.7. The molecule has 3 aromatic rings. The van der Waals surface area contributed by atoms with Crippen molar-refractivity contribution in [1.29, 1.82) is 0 Å². The Bertz CT molecular complexity index is 1400. The minimum Gasteiger partial charge on any atom is -0.489 e. The van der Waals surface area contributed by atoms with E-state index in [0.29, 0.717) is 49.0 Å². The summed E-state index contributed by atoms with van der Waals surface area (Å²) in [4.78, 5) is 40.5. The Balaban J connectivity index is 1.06. The second-order valence-electron chi connectivity index (χ2n) is 10.7. The molecule has 0 aliphatic carbocycles. The van der Waals surface area contributed by atoms with Crippen LogP contribution in [0.15, 0.2) is 73.3 Å². The van der Waals surface area contributed by atoms with Crippen LogP contribution < -0.4 is 15.0 Å². The zero-order valence-electron chi connectivity index (χ0n) is 22.8. The van der Waals surface area contributed by atoms with Gasteiger partial charge in [-0.05, 0) is 49.1 Å². The number of nitrogens with one attached hydrogen (secondary N) is 1. The summed E-state index contributed by atoms with van der Waals surface area (Å²) >= 11 is 0. The average molecular weight is 539 g/mol. The fourth-order valence-corrected chi connectivity index (χ4v) is 5.85. The number of carbonyl (C=O) groups is 2. The Labute approximate surface area is 234 Å². The van der Waals surface area contributed by atoms with Crippen molar-refractivity contribution < 1.29 is 14.3 Å². The number of anilines is 1. The number of aromatic nitrogens is 2. The molecular formula is C31H34N6O3. The fourth-order valence-electron chi connectivity index (χ4n) is 5.85. The van der Waals surface area contributed by atoms with Gasteiger partial charge in [0.15, 0.2) is 0 Å². The molecule has 0 saturated carbocycles. The number of amides is 2. The van der Waals surface area contributed by atoms with Gasteiger partial charge in [0.2, 0.25) is 5.91 Å². The summed E-state index contributed by atoms with van der Waals surface area (Å²) < 4.78 is 6.21. The van der Waals surface area contributed by atoms with Crippen LogP contribution in [0.2, 0.25) is 0 Å². The highest BCUT2D eigenvalue weighted by Crippen LogP contribution is 2.34. The lowest BCUT2D eigenvalue weighted by atomic mass is 10.0. The third kappa shape index (κ3) is 5.16. The monoisotopic (exact) mass is 538 g/mol. The smallest absolute Gasteiger partial charge is 0.255 e. The van der Waals surface area contributed by atoms with Crippen LogP contribution in [-0.2, 0) is 17.9 Å². The number of ether oxygens (including phenoxy) is 1. The average Bonchev–Trinajstić information content (AvgIpc) is 3.33. The van der Waals surface area contributed by atoms with Gasteiger partial charge >= 0.3 is 0 Å². The van der Waals surface area contributed by atoms with Gasteiger partial charge in [0.05, 0.1) is 6.54 Å². The van der Waals surface area contributed by atoms with E-state index in [9.17, 15) is 9.59 Å². The summed E-state index contributed by atoms with van der Waals surface area (Å²) in [5.41, 5.74) is 4.49. The maximum atomic E-state index is 13.1. The van der Waals surface area contributed by atoms with Crippen LogP contribution in [0.3, 0.4) is 0 Å². The minimum atomic E-state index is -0.483. The summed E-state index contributed by atoms with van der Waals surface area (Å²) in [6.07, 6.45) is 4.65. The highest BCUT2D eigenvalue weighted by atomic mass is 16.5. The highest BCUT2D eigenvalue weighted by molar-refractivity contribution is 6.02. The minimum absolute atomic E-state index is 0.121. The predicted octanol–water partition coefficient (Wildman–Crippen LogP) is 3.69. The molecule has 9 nitrogen and oxygen atoms in total. The molecule has 0 spiro atoms. The second kappa shape index (κ2) is 11.1. The summed E-state index contributed by atoms with van der Waals surface area (Å²) in [5.74, 6) is 1.39. The van der Waals surface area contributed by atoms with Crippen LogP contribution in [-0.4, -0.2) is 63.8 Å². The Kier molecular flexibility index (Phi) is 7.21. The lowest BCUT2D eigenvalue weighted by Gasteiger charge is -2.38. The van der Waals surface area contributed by atoms with E-state index in [1.807, 2.05) is 24.3 Å². The quantitative estimate of drug-likeness (QED) is 0.491. The van der Waals surface area contributed by atoms with Crippen molar-refractivity contribution in [2.45, 2.75) is 45.0 Å². The molecule has 3 aliphatic heterocycles. The predicted molar refractivity (Wildman–Crippen MR) is 152 cm³/mol. The molecule has 206 valence electrons. The van der Waals surface area contributed by atoms with Crippen molar-refractivity contribution in [2.24, 2.45) is 0 Å². The molecule has 2 saturated heterocycles. The first kappa shape index (κ1) is 26.0. The first-order valence-electron chi connectivity index (χ1n) is 13.9. The number of carbonyl (C=O) groups excluding carboxylic acids is 2. The molecular weight excluding hydrogens is 504 g/mol. The van der Waals surface area contributed by atoms with E-state index in [1.165, 1.54) is 5.56 Å². The van der Waals surface area contributed by atoms with Crippen molar-refractivity contribution in [3.8, 4) is 5.75 Å². The molecule has 0 unspecified atom stereocenters. The lowest BCUT2D eigenvalue weighted by Crippen LogP contribution is -2.49. The Morgan fingerprint density at radius 2 is 1.88 bits per heavy atom. The van der Waals surface area contributed by atoms with Gasteiger partial charge in [0, 0.05) is 55.2 Å². The van der Waals surface area contributed by atoms with Gasteiger partial charge in [-0.3, -0.25) is 14.5 Å². The maximum absolute atomic E-state index is 13.1. The molecule has 4 heterocycles. The number of piperidine rings is 1. The van der Waals surface area contributed by atoms with Crippen LogP contribution in [0.1, 0.15) is 52.9 Å². The first-order valence-corrected chi connectivity index (χ1v) is 13.9. The van der Waals surface area contributed by atoms with E-state index in [2.05, 4.69) is 62.9 Å². The number of allylic oxidation sites excluding steroid dienone is 1. The number of hydrogen-bond acceptors (Lipinski definition) is 7. The number of rotatable bonds is 7. The third-order valence-electron chi connectivity index (χ3n) is 8.26. The van der Waals surface area contributed by atoms with E-state index < -0.39 is 6.04 Å². The van der Waals surface area contributed by atoms with Crippen molar-refractivity contribution in [3.63, 3.8) is 0 Å². The molecule has 9 heteroatoms. The summed E-state index contributed by atoms with van der Waals surface area (Å²) in [6.45, 7) is 10.7. The molecule has 2 amide bonds. The fraction of sp³-hybridized carbons (Fsp3) is 0.355. The molecule has 3 aliphatic rings. The van der Waals surface area contributed by atoms with Gasteiger partial charge in [0.1, 0.15) is 30.5 Å². The van der Waals surface area contributed by atoms with Gasteiger partial charge in [-0.25, -0.2) is 9.97 Å². The molecule has 1 aromatic heterocycles. The summed E-state index contributed by atoms with van der Waals surface area (Å²) in [5, 5.41) is 2.79. The lowest BCUT2D eigenvalue weighted by molar-refractivity contribution is -0.126. The molecule has 0 bridgehead atoms. The Morgan fingerprint density at radius 3 is 2.60 bits per heavy atom. The van der Waals surface area contributed by atoms with Crippen molar-refractivity contribution in [3.05, 3.63) is 95.6 Å². The molecule has 0 radical (unpaired) electrons. The third-order valence-corrected chi connectivity index (χ3v) is 8.26. The topological polar surface area (TPSA) is 90.9 Å². The number of piperazine rings is 1. The Morgan fingerprint density at radius 1 is 1.07 bits per heavy atom. The number of hydrogen-bond donors (Lipinski definition) is 1. The van der Waals surface area contributed by atoms with Crippen molar-refractivity contribution in [2.75, 3.05) is 31.1 Å². The van der Waals surface area contributed by atoms with Crippen LogP contribution >= 0.6 is 0 Å². The zero-order chi connectivity index (χ0) is 27.6. The number of fused-ring (bicyclic) bond motifs is 1. The Hall–Kier alpha value is -4.24. The van der Waals surface area contributed by atoms with E-state index >= 15 is 0 Å². The molecule has 2 fully saturated rings. The van der Waals surface area contributed by atoms with Crippen LogP contribution in [0.4, 0.5) is 5.82 Å². The van der Waals surface area contributed by atoms with E-state index in [4.69, 9.17) is 4.74 Å². The van der Waals surface area contributed by atoms with Gasteiger partial charge in [-0.2, -0.15) is 0 Å². The van der Waals surface area contributed by atoms with Gasteiger partial charge in [0.25, 0.3) is 5.91 Å². The molecule has 2 atom stereocenters. The summed E-state index contributed by atoms with van der Waals surface area (Å²) in [6, 6.07) is 15.9. The standard InChI is InChI=1S/C31H34N6O3/c1-21-6-11-27(30(38)34-21)37-18-26-25(31(37)39)4-3-5-28(26)40-19-23-7-9-24(10-8-23)22(2)35-14-16-36(17-15-35)29-12-13-32-20-33-29/h3-5,7-10,12-13,20,22,27H,1,6,11,14-19H2,2H3,(H,34,38)/t22-,27+/m1/s1. The van der Waals surface area contributed by atoms with Crippen LogP contribution in [0.25, 0.3) is 0 Å². The van der Waals surface area contributed by atoms with Gasteiger partial charge < -0.3 is 19.9 Å². The molecule has 6 rings (SSSR count). The van der Waals surface area contributed by atoms with E-state index in [-0.39, 0.29) is 11.8 Å². The van der Waals surface area contributed by atoms with E-state index in [1.54, 1.807) is 17.4 Å². The van der Waals surface area contributed by atoms with Gasteiger partial charge in [-0.15, -0.1) is 0 Å².